The number of ether oxygens (including phenoxy) is 1. The fraction of sp³-hybridized carbons (Fsp3) is 0.455. The number of aryl methyl sites for hydroxylation is 2. The summed E-state index contributed by atoms with van der Waals surface area (Å²) in [5.74, 6) is 1.28. The number of hydrogen-bond donors (Lipinski definition) is 3. The Kier molecular flexibility index (Phi) is 12.6. The quantitative estimate of drug-likeness (QED) is 0.104. The lowest BCUT2D eigenvalue weighted by Gasteiger charge is -2.38. The van der Waals surface area contributed by atoms with Gasteiger partial charge in [-0.3, -0.25) is 34.2 Å². The molecule has 0 unspecified atom stereocenters. The summed E-state index contributed by atoms with van der Waals surface area (Å²) in [4.78, 5) is 73.5. The van der Waals surface area contributed by atoms with Crippen LogP contribution in [0.25, 0.3) is 22.6 Å². The van der Waals surface area contributed by atoms with Crippen molar-refractivity contribution < 1.29 is 23.9 Å². The smallest absolute Gasteiger partial charge is 0.253 e. The predicted octanol–water partition coefficient (Wildman–Crippen LogP) is 5.23. The summed E-state index contributed by atoms with van der Waals surface area (Å²) in [5, 5.41) is 10.3. The van der Waals surface area contributed by atoms with Gasteiger partial charge in [-0.15, -0.1) is 0 Å². The third-order valence-corrected chi connectivity index (χ3v) is 12.4. The van der Waals surface area contributed by atoms with E-state index in [0.29, 0.717) is 77.3 Å². The van der Waals surface area contributed by atoms with Gasteiger partial charge < -0.3 is 29.7 Å². The van der Waals surface area contributed by atoms with Crippen LogP contribution in [0.5, 0.6) is 11.5 Å². The highest BCUT2D eigenvalue weighted by atomic mass is 35.5. The minimum atomic E-state index is -0.335. The van der Waals surface area contributed by atoms with Crippen LogP contribution in [0, 0.1) is 18.8 Å². The number of hydrogen-bond acceptors (Lipinski definition) is 11. The number of aromatic amines is 1. The third-order valence-electron chi connectivity index (χ3n) is 12.2. The molecule has 8 rings (SSSR count). The number of fused-ring (bicyclic) bond motifs is 1. The van der Waals surface area contributed by atoms with E-state index < -0.39 is 0 Å². The zero-order valence-electron chi connectivity index (χ0n) is 34.8. The van der Waals surface area contributed by atoms with Crippen LogP contribution in [0.1, 0.15) is 72.5 Å². The minimum Gasteiger partial charge on any atom is -0.453 e. The Balaban J connectivity index is 0.732. The summed E-state index contributed by atoms with van der Waals surface area (Å²) in [6.45, 7) is 7.63. The van der Waals surface area contributed by atoms with Crippen LogP contribution in [0.15, 0.2) is 55.1 Å². The number of amides is 4. The van der Waals surface area contributed by atoms with Gasteiger partial charge in [-0.2, -0.15) is 5.10 Å². The number of imidazole rings is 1. The Bertz CT molecular complexity index is 2400. The molecule has 3 fully saturated rings. The lowest BCUT2D eigenvalue weighted by Crippen LogP contribution is -2.44. The van der Waals surface area contributed by atoms with Crippen molar-refractivity contribution in [1.29, 1.82) is 0 Å². The molecule has 0 radical (unpaired) electrons. The average Bonchev–Trinajstić information content (AvgIpc) is 3.85. The molecule has 0 bridgehead atoms. The van der Waals surface area contributed by atoms with E-state index in [9.17, 15) is 19.2 Å². The SMILES string of the molecule is Cc1nn(C)cc1-c1nc2ncc(Cl)c(Oc3ccc(C(=O)N(C)CCCNC(=O)C4CCN(CC5CCN(c6cncc([C@@H]7CCC(=O)NC7=O)c6)CC5)CC4)cc3)c2[nH]1. The number of aromatic nitrogens is 6. The molecule has 4 amide bonds. The molecule has 61 heavy (non-hydrogen) atoms. The third kappa shape index (κ3) is 9.70. The van der Waals surface area contributed by atoms with Gasteiger partial charge in [-0.05, 0) is 100 Å². The molecular formula is C44H52ClN11O5. The first-order chi connectivity index (χ1) is 29.5. The van der Waals surface area contributed by atoms with E-state index in [1.165, 1.54) is 6.20 Å². The number of piperidine rings is 3. The van der Waals surface area contributed by atoms with E-state index in [0.717, 1.165) is 80.9 Å². The van der Waals surface area contributed by atoms with Crippen molar-refractivity contribution in [3.05, 3.63) is 77.0 Å². The Hall–Kier alpha value is -5.87. The van der Waals surface area contributed by atoms with Crippen molar-refractivity contribution in [3.63, 3.8) is 0 Å². The number of halogens is 1. The number of likely N-dealkylation sites (tertiary alicyclic amines) is 1. The molecule has 1 atom stereocenters. The van der Waals surface area contributed by atoms with E-state index in [1.807, 2.05) is 26.4 Å². The maximum absolute atomic E-state index is 13.2. The van der Waals surface area contributed by atoms with Crippen LogP contribution >= 0.6 is 11.6 Å². The zero-order chi connectivity index (χ0) is 42.6. The molecule has 5 aromatic rings. The molecule has 320 valence electrons. The van der Waals surface area contributed by atoms with Crippen LogP contribution in [0.2, 0.25) is 5.02 Å². The number of H-pyrrole nitrogens is 1. The Morgan fingerprint density at radius 2 is 1.79 bits per heavy atom. The van der Waals surface area contributed by atoms with Crippen LogP contribution in [0.3, 0.4) is 0 Å². The molecular weight excluding hydrogens is 798 g/mol. The standard InChI is InChI=1S/C44H52ClN11O5/c1-27-35(26-54(3)52-27)40-50-38-39(36(45)24-48-41(38)51-40)61-33-7-5-30(6-8-33)44(60)53(2)16-4-15-47-42(58)29-13-17-55(18-14-29)25-28-11-19-56(20-12-28)32-21-31(22-46-23-32)34-9-10-37(57)49-43(34)59/h5-8,21-24,26,28-29,34H,4,9-20,25H2,1-3H3,(H,47,58)(H,48,50,51)(H,49,57,59)/t34-/m0/s1. The van der Waals surface area contributed by atoms with Gasteiger partial charge in [0, 0.05) is 77.1 Å². The second-order valence-corrected chi connectivity index (χ2v) is 16.9. The Morgan fingerprint density at radius 3 is 2.51 bits per heavy atom. The summed E-state index contributed by atoms with van der Waals surface area (Å²) in [5.41, 5.74) is 5.10. The van der Waals surface area contributed by atoms with Gasteiger partial charge in [0.2, 0.25) is 17.7 Å². The Morgan fingerprint density at radius 1 is 1.02 bits per heavy atom. The van der Waals surface area contributed by atoms with Crippen molar-refractivity contribution in [2.45, 2.75) is 57.8 Å². The van der Waals surface area contributed by atoms with Crippen LogP contribution < -0.4 is 20.3 Å². The van der Waals surface area contributed by atoms with Gasteiger partial charge in [0.1, 0.15) is 22.1 Å². The summed E-state index contributed by atoms with van der Waals surface area (Å²) < 4.78 is 7.91. The van der Waals surface area contributed by atoms with E-state index in [4.69, 9.17) is 16.3 Å². The number of carbonyl (C=O) groups excluding carboxylic acids is 4. The van der Waals surface area contributed by atoms with Gasteiger partial charge in [0.25, 0.3) is 5.91 Å². The number of carbonyl (C=O) groups is 4. The molecule has 4 aromatic heterocycles. The van der Waals surface area contributed by atoms with Crippen LogP contribution in [-0.2, 0) is 21.4 Å². The summed E-state index contributed by atoms with van der Waals surface area (Å²) in [6, 6.07) is 8.96. The highest BCUT2D eigenvalue weighted by Crippen LogP contribution is 2.36. The average molecular weight is 850 g/mol. The number of anilines is 1. The minimum absolute atomic E-state index is 0.00106. The number of nitrogens with one attached hydrogen (secondary N) is 3. The highest BCUT2D eigenvalue weighted by Gasteiger charge is 2.31. The van der Waals surface area contributed by atoms with Crippen molar-refractivity contribution in [2.75, 3.05) is 57.8 Å². The highest BCUT2D eigenvalue weighted by molar-refractivity contribution is 6.32. The molecule has 0 spiro atoms. The Labute approximate surface area is 359 Å². The molecule has 3 aliphatic heterocycles. The number of benzene rings is 1. The largest absolute Gasteiger partial charge is 0.453 e. The van der Waals surface area contributed by atoms with E-state index >= 15 is 0 Å². The van der Waals surface area contributed by atoms with Crippen molar-refractivity contribution >= 4 is 52.1 Å². The molecule has 3 aliphatic rings. The molecule has 3 saturated heterocycles. The summed E-state index contributed by atoms with van der Waals surface area (Å²) in [6.07, 6.45) is 12.3. The van der Waals surface area contributed by atoms with Gasteiger partial charge in [0.15, 0.2) is 11.4 Å². The van der Waals surface area contributed by atoms with Crippen molar-refractivity contribution in [2.24, 2.45) is 18.9 Å². The zero-order valence-corrected chi connectivity index (χ0v) is 35.6. The van der Waals surface area contributed by atoms with Crippen molar-refractivity contribution in [3.8, 4) is 22.9 Å². The predicted molar refractivity (Wildman–Crippen MR) is 230 cm³/mol. The number of rotatable bonds is 13. The molecule has 0 saturated carbocycles. The van der Waals surface area contributed by atoms with E-state index in [1.54, 1.807) is 47.1 Å². The van der Waals surface area contributed by atoms with Gasteiger partial charge in [0.05, 0.1) is 35.3 Å². The maximum atomic E-state index is 13.2. The fourth-order valence-corrected chi connectivity index (χ4v) is 8.87. The molecule has 17 heteroatoms. The van der Waals surface area contributed by atoms with Crippen molar-refractivity contribution in [1.82, 2.24) is 50.1 Å². The number of nitrogens with zero attached hydrogens (tertiary/aromatic N) is 8. The van der Waals surface area contributed by atoms with Gasteiger partial charge in [-0.1, -0.05) is 11.6 Å². The molecule has 1 aromatic carbocycles. The second-order valence-electron chi connectivity index (χ2n) is 16.5. The number of imide groups is 1. The normalized spacial score (nSPS) is 18.0. The maximum Gasteiger partial charge on any atom is 0.253 e. The van der Waals surface area contributed by atoms with Crippen LogP contribution in [0.4, 0.5) is 5.69 Å². The molecule has 7 heterocycles. The van der Waals surface area contributed by atoms with Crippen LogP contribution in [-0.4, -0.2) is 116 Å². The van der Waals surface area contributed by atoms with E-state index in [2.05, 4.69) is 51.5 Å². The second kappa shape index (κ2) is 18.4. The summed E-state index contributed by atoms with van der Waals surface area (Å²) in [7, 11) is 3.62. The first kappa shape index (κ1) is 41.8. The van der Waals surface area contributed by atoms with Gasteiger partial charge >= 0.3 is 0 Å². The van der Waals surface area contributed by atoms with E-state index in [-0.39, 0.29) is 35.5 Å². The lowest BCUT2D eigenvalue weighted by molar-refractivity contribution is -0.134. The lowest BCUT2D eigenvalue weighted by atomic mass is 9.90. The molecule has 3 N–H and O–H groups in total. The summed E-state index contributed by atoms with van der Waals surface area (Å²) >= 11 is 6.52. The number of pyridine rings is 2. The topological polar surface area (TPSA) is 184 Å². The van der Waals surface area contributed by atoms with Gasteiger partial charge in [-0.25, -0.2) is 9.97 Å². The fourth-order valence-electron chi connectivity index (χ4n) is 8.69. The molecule has 16 nitrogen and oxygen atoms in total. The molecule has 0 aliphatic carbocycles. The monoisotopic (exact) mass is 849 g/mol. The first-order valence-corrected chi connectivity index (χ1v) is 21.5. The first-order valence-electron chi connectivity index (χ1n) is 21.1.